The van der Waals surface area contributed by atoms with Gasteiger partial charge in [0.15, 0.2) is 0 Å². The van der Waals surface area contributed by atoms with Crippen LogP contribution in [-0.4, -0.2) is 14.4 Å². The van der Waals surface area contributed by atoms with Gasteiger partial charge in [0, 0.05) is 0 Å². The highest BCUT2D eigenvalue weighted by Gasteiger charge is 2.15. The summed E-state index contributed by atoms with van der Waals surface area (Å²) in [6.45, 7) is 4.42. The topological polar surface area (TPSA) is 84.5 Å². The molecule has 2 aromatic rings. The molecule has 0 bridgehead atoms. The number of aliphatic imine (C=N–C) groups is 1. The predicted octanol–water partition coefficient (Wildman–Crippen LogP) is 2.60. The van der Waals surface area contributed by atoms with Gasteiger partial charge in [0.2, 0.25) is 5.96 Å². The Morgan fingerprint density at radius 2 is 1.70 bits per heavy atom. The van der Waals surface area contributed by atoms with E-state index in [0.29, 0.717) is 12.5 Å². The Kier molecular flexibility index (Phi) is 5.39. The number of nitrogens with zero attached hydrogens (tertiary/aromatic N) is 1. The van der Waals surface area contributed by atoms with Gasteiger partial charge in [-0.3, -0.25) is 0 Å². The van der Waals surface area contributed by atoms with E-state index in [2.05, 4.69) is 23.6 Å². The van der Waals surface area contributed by atoms with Gasteiger partial charge in [0.25, 0.3) is 10.0 Å². The van der Waals surface area contributed by atoms with Crippen molar-refractivity contribution in [3.8, 4) is 0 Å². The molecule has 0 saturated carbocycles. The molecular weight excluding hydrogens is 310 g/mol. The quantitative estimate of drug-likeness (QED) is 0.652. The zero-order chi connectivity index (χ0) is 16.9. The van der Waals surface area contributed by atoms with E-state index in [1.807, 2.05) is 30.3 Å². The number of benzene rings is 2. The second kappa shape index (κ2) is 7.28. The van der Waals surface area contributed by atoms with Crippen LogP contribution in [0.1, 0.15) is 30.9 Å². The summed E-state index contributed by atoms with van der Waals surface area (Å²) in [6, 6.07) is 16.2. The van der Waals surface area contributed by atoms with Crippen molar-refractivity contribution in [1.29, 1.82) is 0 Å². The number of sulfonamides is 1. The molecule has 5 nitrogen and oxygen atoms in total. The van der Waals surface area contributed by atoms with Crippen LogP contribution < -0.4 is 10.5 Å². The number of hydrogen-bond donors (Lipinski definition) is 2. The van der Waals surface area contributed by atoms with Crippen LogP contribution in [0.25, 0.3) is 0 Å². The highest BCUT2D eigenvalue weighted by Crippen LogP contribution is 2.17. The molecule has 3 N–H and O–H groups in total. The molecule has 0 aliphatic heterocycles. The lowest BCUT2D eigenvalue weighted by molar-refractivity contribution is 0.592. The third-order valence-electron chi connectivity index (χ3n) is 3.37. The van der Waals surface area contributed by atoms with Crippen LogP contribution >= 0.6 is 0 Å². The summed E-state index contributed by atoms with van der Waals surface area (Å²) in [6.07, 6.45) is 0. The van der Waals surface area contributed by atoms with Gasteiger partial charge in [-0.2, -0.15) is 0 Å². The summed E-state index contributed by atoms with van der Waals surface area (Å²) in [5, 5.41) is 0. The molecule has 0 aliphatic carbocycles. The van der Waals surface area contributed by atoms with Crippen molar-refractivity contribution in [1.82, 2.24) is 4.72 Å². The average Bonchev–Trinajstić information content (AvgIpc) is 2.53. The van der Waals surface area contributed by atoms with Gasteiger partial charge in [-0.15, -0.1) is 0 Å². The van der Waals surface area contributed by atoms with Gasteiger partial charge in [-0.25, -0.2) is 18.1 Å². The maximum absolute atomic E-state index is 12.3. The second-order valence-corrected chi connectivity index (χ2v) is 7.20. The van der Waals surface area contributed by atoms with E-state index in [1.54, 1.807) is 24.3 Å². The first-order valence-corrected chi connectivity index (χ1v) is 8.83. The first-order valence-electron chi connectivity index (χ1n) is 7.35. The van der Waals surface area contributed by atoms with Crippen molar-refractivity contribution < 1.29 is 8.42 Å². The zero-order valence-electron chi connectivity index (χ0n) is 13.2. The summed E-state index contributed by atoms with van der Waals surface area (Å²) >= 11 is 0. The Hall–Kier alpha value is -2.34. The van der Waals surface area contributed by atoms with Crippen LogP contribution in [0.4, 0.5) is 0 Å². The number of nitrogens with one attached hydrogen (secondary N) is 1. The van der Waals surface area contributed by atoms with Crippen LogP contribution in [0.5, 0.6) is 0 Å². The van der Waals surface area contributed by atoms with Crippen LogP contribution in [0.15, 0.2) is 64.5 Å². The summed E-state index contributed by atoms with van der Waals surface area (Å²) in [4.78, 5) is 4.22. The first-order chi connectivity index (χ1) is 10.9. The maximum atomic E-state index is 12.3. The summed E-state index contributed by atoms with van der Waals surface area (Å²) in [7, 11) is -3.71. The summed E-state index contributed by atoms with van der Waals surface area (Å²) in [5.74, 6) is 0.221. The van der Waals surface area contributed by atoms with Gasteiger partial charge >= 0.3 is 0 Å². The summed E-state index contributed by atoms with van der Waals surface area (Å²) < 4.78 is 26.8. The fourth-order valence-corrected chi connectivity index (χ4v) is 2.97. The highest BCUT2D eigenvalue weighted by molar-refractivity contribution is 7.90. The van der Waals surface area contributed by atoms with E-state index in [-0.39, 0.29) is 10.9 Å². The lowest BCUT2D eigenvalue weighted by Gasteiger charge is -2.09. The molecule has 2 aromatic carbocycles. The fraction of sp³-hybridized carbons (Fsp3) is 0.235. The zero-order valence-corrected chi connectivity index (χ0v) is 14.0. The number of hydrogen-bond acceptors (Lipinski definition) is 3. The molecule has 0 heterocycles. The van der Waals surface area contributed by atoms with Gasteiger partial charge in [-0.05, 0) is 29.2 Å². The molecule has 0 aromatic heterocycles. The van der Waals surface area contributed by atoms with Crippen LogP contribution in [0.3, 0.4) is 0 Å². The molecule has 0 radical (unpaired) electrons. The minimum absolute atomic E-state index is 0.123. The van der Waals surface area contributed by atoms with E-state index in [0.717, 1.165) is 11.1 Å². The lowest BCUT2D eigenvalue weighted by atomic mass is 10.0. The smallest absolute Gasteiger partial charge is 0.264 e. The fourth-order valence-electron chi connectivity index (χ4n) is 2.02. The molecule has 0 amide bonds. The largest absolute Gasteiger partial charge is 0.369 e. The second-order valence-electron chi connectivity index (χ2n) is 5.52. The van der Waals surface area contributed by atoms with Crippen molar-refractivity contribution in [2.45, 2.75) is 31.2 Å². The third kappa shape index (κ3) is 4.82. The van der Waals surface area contributed by atoms with Crippen LogP contribution in [-0.2, 0) is 16.6 Å². The number of rotatable bonds is 5. The lowest BCUT2D eigenvalue weighted by Crippen LogP contribution is -2.36. The first kappa shape index (κ1) is 17.0. The third-order valence-corrected chi connectivity index (χ3v) is 4.74. The summed E-state index contributed by atoms with van der Waals surface area (Å²) in [5.41, 5.74) is 7.72. The molecule has 0 spiro atoms. The molecule has 6 heteroatoms. The molecule has 2 rings (SSSR count). The Labute approximate surface area is 137 Å². The van der Waals surface area contributed by atoms with E-state index in [4.69, 9.17) is 5.73 Å². The van der Waals surface area contributed by atoms with Crippen molar-refractivity contribution in [3.63, 3.8) is 0 Å². The van der Waals surface area contributed by atoms with Crippen molar-refractivity contribution >= 4 is 16.0 Å². The van der Waals surface area contributed by atoms with E-state index in [1.165, 1.54) is 0 Å². The predicted molar refractivity (Wildman–Crippen MR) is 92.6 cm³/mol. The molecular formula is C17H21N3O2S. The molecule has 0 atom stereocenters. The van der Waals surface area contributed by atoms with E-state index < -0.39 is 10.0 Å². The van der Waals surface area contributed by atoms with Gasteiger partial charge in [0.05, 0.1) is 11.4 Å². The Balaban J connectivity index is 2.07. The van der Waals surface area contributed by atoms with Crippen LogP contribution in [0.2, 0.25) is 0 Å². The van der Waals surface area contributed by atoms with E-state index in [9.17, 15) is 8.42 Å². The minimum atomic E-state index is -3.71. The average molecular weight is 331 g/mol. The van der Waals surface area contributed by atoms with Crippen LogP contribution in [0, 0.1) is 0 Å². The molecule has 0 fully saturated rings. The standard InChI is InChI=1S/C17H21N3O2S/c1-13(2)15-8-10-16(11-9-15)23(21,22)20-17(18)19-12-14-6-4-3-5-7-14/h3-11,13H,12H2,1-2H3,(H3,18,19,20). The molecule has 0 aliphatic rings. The molecule has 122 valence electrons. The molecule has 23 heavy (non-hydrogen) atoms. The normalized spacial score (nSPS) is 12.4. The monoisotopic (exact) mass is 331 g/mol. The number of guanidine groups is 1. The van der Waals surface area contributed by atoms with Gasteiger partial charge in [0.1, 0.15) is 0 Å². The molecule has 0 unspecified atom stereocenters. The van der Waals surface area contributed by atoms with E-state index >= 15 is 0 Å². The van der Waals surface area contributed by atoms with Crippen molar-refractivity contribution in [2.24, 2.45) is 10.7 Å². The Bertz CT molecular complexity index is 767. The SMILES string of the molecule is CC(C)c1ccc(S(=O)(=O)NC(N)=NCc2ccccc2)cc1. The maximum Gasteiger partial charge on any atom is 0.264 e. The van der Waals surface area contributed by atoms with Crippen molar-refractivity contribution in [2.75, 3.05) is 0 Å². The Morgan fingerprint density at radius 3 is 2.26 bits per heavy atom. The minimum Gasteiger partial charge on any atom is -0.369 e. The van der Waals surface area contributed by atoms with Gasteiger partial charge < -0.3 is 5.73 Å². The van der Waals surface area contributed by atoms with Crippen molar-refractivity contribution in [3.05, 3.63) is 65.7 Å². The Morgan fingerprint density at radius 1 is 1.09 bits per heavy atom. The van der Waals surface area contributed by atoms with Gasteiger partial charge in [-0.1, -0.05) is 56.3 Å². The highest BCUT2D eigenvalue weighted by atomic mass is 32.2. The molecule has 0 saturated heterocycles. The number of nitrogens with two attached hydrogens (primary N) is 1.